The average molecular weight is 321 g/mol. The molecule has 0 N–H and O–H groups in total. The smallest absolute Gasteiger partial charge is 0.330 e. The third kappa shape index (κ3) is 8.68. The van der Waals surface area contributed by atoms with Crippen molar-refractivity contribution in [1.82, 2.24) is 0 Å². The van der Waals surface area contributed by atoms with Gasteiger partial charge >= 0.3 is 5.97 Å². The van der Waals surface area contributed by atoms with Gasteiger partial charge in [0, 0.05) is 11.1 Å². The highest BCUT2D eigenvalue weighted by Crippen LogP contribution is 2.12. The third-order valence-corrected chi connectivity index (χ3v) is 3.60. The molecule has 0 aliphatic carbocycles. The summed E-state index contributed by atoms with van der Waals surface area (Å²) in [4.78, 5) is 11.6. The minimum absolute atomic E-state index is 0.300. The molecule has 22 heavy (non-hydrogen) atoms. The Balaban J connectivity index is 2.22. The Bertz CT molecular complexity index is 511. The topological polar surface area (TPSA) is 26.3 Å². The van der Waals surface area contributed by atoms with Crippen LogP contribution in [-0.4, -0.2) is 12.6 Å². The number of hydrogen-bond acceptors (Lipinski definition) is 2. The number of esters is 1. The first-order valence-corrected chi connectivity index (χ1v) is 8.09. The van der Waals surface area contributed by atoms with Gasteiger partial charge < -0.3 is 4.74 Å². The first-order chi connectivity index (χ1) is 10.5. The second-order valence-electron chi connectivity index (χ2n) is 5.81. The van der Waals surface area contributed by atoms with E-state index in [4.69, 9.17) is 16.3 Å². The van der Waals surface area contributed by atoms with Crippen molar-refractivity contribution in [2.45, 2.75) is 40.0 Å². The van der Waals surface area contributed by atoms with Gasteiger partial charge in [0.2, 0.25) is 0 Å². The summed E-state index contributed by atoms with van der Waals surface area (Å²) in [5.74, 6) is 0.259. The molecule has 0 bridgehead atoms. The molecule has 120 valence electrons. The number of allylic oxidation sites excluding steroid dienone is 2. The monoisotopic (exact) mass is 320 g/mol. The second kappa shape index (κ2) is 10.2. The third-order valence-electron chi connectivity index (χ3n) is 3.35. The van der Waals surface area contributed by atoms with Crippen LogP contribution in [0.4, 0.5) is 0 Å². The first kappa shape index (κ1) is 18.5. The highest BCUT2D eigenvalue weighted by molar-refractivity contribution is 6.30. The van der Waals surface area contributed by atoms with Crippen LogP contribution in [0.1, 0.15) is 45.6 Å². The number of halogens is 1. The van der Waals surface area contributed by atoms with E-state index >= 15 is 0 Å². The van der Waals surface area contributed by atoms with E-state index in [-0.39, 0.29) is 5.97 Å². The minimum Gasteiger partial charge on any atom is -0.463 e. The van der Waals surface area contributed by atoms with E-state index in [0.717, 1.165) is 24.8 Å². The molecule has 0 fully saturated rings. The Labute approximate surface area is 138 Å². The van der Waals surface area contributed by atoms with Gasteiger partial charge in [-0.1, -0.05) is 42.3 Å². The number of hydrogen-bond donors (Lipinski definition) is 0. The molecule has 0 amide bonds. The number of rotatable bonds is 8. The van der Waals surface area contributed by atoms with Crippen molar-refractivity contribution >= 4 is 23.6 Å². The van der Waals surface area contributed by atoms with Crippen LogP contribution in [0.15, 0.2) is 42.0 Å². The van der Waals surface area contributed by atoms with E-state index in [1.165, 1.54) is 11.6 Å². The Kier molecular flexibility index (Phi) is 8.61. The lowest BCUT2D eigenvalue weighted by molar-refractivity contribution is -0.138. The summed E-state index contributed by atoms with van der Waals surface area (Å²) < 4.78 is 5.22. The molecule has 0 aromatic heterocycles. The summed E-state index contributed by atoms with van der Waals surface area (Å²) in [6, 6.07) is 7.30. The van der Waals surface area contributed by atoms with Crippen LogP contribution in [0, 0.1) is 5.92 Å². The van der Waals surface area contributed by atoms with Gasteiger partial charge in [-0.15, -0.1) is 0 Å². The van der Waals surface area contributed by atoms with Crippen LogP contribution in [0.2, 0.25) is 5.02 Å². The van der Waals surface area contributed by atoms with Gasteiger partial charge in [0.05, 0.1) is 6.61 Å². The summed E-state index contributed by atoms with van der Waals surface area (Å²) >= 11 is 5.81. The van der Waals surface area contributed by atoms with Gasteiger partial charge in [-0.05, 0) is 62.8 Å². The highest BCUT2D eigenvalue weighted by atomic mass is 35.5. The maximum Gasteiger partial charge on any atom is 0.330 e. The molecule has 1 rings (SSSR count). The lowest BCUT2D eigenvalue weighted by Crippen LogP contribution is -2.06. The summed E-state index contributed by atoms with van der Waals surface area (Å²) in [6.07, 6.45) is 8.56. The molecule has 0 aliphatic heterocycles. The van der Waals surface area contributed by atoms with Crippen molar-refractivity contribution < 1.29 is 9.53 Å². The Morgan fingerprint density at radius 1 is 1.23 bits per heavy atom. The lowest BCUT2D eigenvalue weighted by Gasteiger charge is -2.09. The number of benzene rings is 1. The molecule has 1 aromatic rings. The van der Waals surface area contributed by atoms with Crippen molar-refractivity contribution in [3.05, 3.63) is 52.6 Å². The fourth-order valence-corrected chi connectivity index (χ4v) is 2.07. The van der Waals surface area contributed by atoms with E-state index in [1.807, 2.05) is 12.1 Å². The van der Waals surface area contributed by atoms with Crippen molar-refractivity contribution in [3.63, 3.8) is 0 Å². The van der Waals surface area contributed by atoms with Crippen molar-refractivity contribution in [2.75, 3.05) is 6.61 Å². The van der Waals surface area contributed by atoms with Gasteiger partial charge in [0.25, 0.3) is 0 Å². The fourth-order valence-electron chi connectivity index (χ4n) is 1.95. The molecule has 1 atom stereocenters. The van der Waals surface area contributed by atoms with Crippen molar-refractivity contribution in [2.24, 2.45) is 5.92 Å². The number of ether oxygens (including phenoxy) is 1. The Hall–Kier alpha value is -1.54. The summed E-state index contributed by atoms with van der Waals surface area (Å²) in [6.45, 7) is 6.88. The molecule has 0 heterocycles. The van der Waals surface area contributed by atoms with Crippen LogP contribution >= 0.6 is 11.6 Å². The van der Waals surface area contributed by atoms with Crippen LogP contribution in [-0.2, 0) is 9.53 Å². The molecule has 2 nitrogen and oxygen atoms in total. The predicted molar refractivity (Wildman–Crippen MR) is 93.9 cm³/mol. The predicted octanol–water partition coefficient (Wildman–Crippen LogP) is 5.67. The highest BCUT2D eigenvalue weighted by Gasteiger charge is 2.03. The van der Waals surface area contributed by atoms with Crippen LogP contribution in [0.5, 0.6) is 0 Å². The number of carbonyl (C=O) groups is 1. The van der Waals surface area contributed by atoms with Gasteiger partial charge in [-0.2, -0.15) is 0 Å². The molecule has 1 aromatic carbocycles. The van der Waals surface area contributed by atoms with Gasteiger partial charge in [0.15, 0.2) is 0 Å². The minimum atomic E-state index is -0.300. The summed E-state index contributed by atoms with van der Waals surface area (Å²) in [5.41, 5.74) is 2.28. The Morgan fingerprint density at radius 3 is 2.55 bits per heavy atom. The van der Waals surface area contributed by atoms with Gasteiger partial charge in [-0.25, -0.2) is 4.79 Å². The zero-order valence-corrected chi connectivity index (χ0v) is 14.4. The maximum atomic E-state index is 11.6. The molecule has 0 saturated heterocycles. The van der Waals surface area contributed by atoms with Crippen LogP contribution in [0.3, 0.4) is 0 Å². The van der Waals surface area contributed by atoms with Gasteiger partial charge in [0.1, 0.15) is 0 Å². The molecule has 0 radical (unpaired) electrons. The van der Waals surface area contributed by atoms with E-state index in [2.05, 4.69) is 26.8 Å². The van der Waals surface area contributed by atoms with E-state index in [1.54, 1.807) is 18.2 Å². The second-order valence-corrected chi connectivity index (χ2v) is 6.24. The molecule has 3 heteroatoms. The largest absolute Gasteiger partial charge is 0.463 e. The molecule has 0 aliphatic rings. The van der Waals surface area contributed by atoms with E-state index in [9.17, 15) is 4.79 Å². The lowest BCUT2D eigenvalue weighted by atomic mass is 10.0. The van der Waals surface area contributed by atoms with E-state index in [0.29, 0.717) is 17.5 Å². The molecular weight excluding hydrogens is 296 g/mol. The average Bonchev–Trinajstić information content (AvgIpc) is 2.46. The summed E-state index contributed by atoms with van der Waals surface area (Å²) in [7, 11) is 0. The zero-order chi connectivity index (χ0) is 16.4. The van der Waals surface area contributed by atoms with Crippen molar-refractivity contribution in [3.8, 4) is 0 Å². The zero-order valence-electron chi connectivity index (χ0n) is 13.6. The summed E-state index contributed by atoms with van der Waals surface area (Å²) in [5, 5.41) is 0.682. The van der Waals surface area contributed by atoms with Gasteiger partial charge in [-0.3, -0.25) is 0 Å². The molecule has 0 spiro atoms. The Morgan fingerprint density at radius 2 is 1.91 bits per heavy atom. The molecular formula is C19H25ClO2. The number of carbonyl (C=O) groups excluding carboxylic acids is 1. The fraction of sp³-hybridized carbons (Fsp3) is 0.421. The molecule has 0 saturated carbocycles. The van der Waals surface area contributed by atoms with Crippen LogP contribution < -0.4 is 0 Å². The molecule has 1 unspecified atom stereocenters. The quantitative estimate of drug-likeness (QED) is 0.350. The van der Waals surface area contributed by atoms with E-state index < -0.39 is 0 Å². The standard InChI is InChI=1S/C19H25ClO2/c1-15(2)5-4-6-16(3)13-14-22-19(21)12-9-17-7-10-18(20)11-8-17/h5,7-12,16H,4,6,13-14H2,1-3H3/b12-9+. The normalized spacial score (nSPS) is 12.2. The SMILES string of the molecule is CC(C)=CCCC(C)CCOC(=O)/C=C/c1ccc(Cl)cc1. The van der Waals surface area contributed by atoms with Crippen molar-refractivity contribution in [1.29, 1.82) is 0 Å². The maximum absolute atomic E-state index is 11.6. The van der Waals surface area contributed by atoms with Crippen LogP contribution in [0.25, 0.3) is 6.08 Å². The first-order valence-electron chi connectivity index (χ1n) is 7.71.